The number of aromatic nitrogens is 1. The Balaban J connectivity index is 1.73. The number of sulfonamides is 1. The van der Waals surface area contributed by atoms with E-state index in [1.165, 1.54) is 19.3 Å². The van der Waals surface area contributed by atoms with Crippen molar-refractivity contribution in [1.82, 2.24) is 10.3 Å². The maximum Gasteiger partial charge on any atom is 0.269 e. The molecule has 28 heavy (non-hydrogen) atoms. The van der Waals surface area contributed by atoms with Crippen molar-refractivity contribution in [2.75, 3.05) is 11.8 Å². The predicted molar refractivity (Wildman–Crippen MR) is 106 cm³/mol. The first kappa shape index (κ1) is 19.4. The van der Waals surface area contributed by atoms with E-state index in [4.69, 9.17) is 4.74 Å². The summed E-state index contributed by atoms with van der Waals surface area (Å²) in [5.41, 5.74) is 1.51. The molecular formula is C20H19N3O4S. The molecule has 1 amide bonds. The van der Waals surface area contributed by atoms with E-state index in [9.17, 15) is 13.2 Å². The number of pyridine rings is 1. The monoisotopic (exact) mass is 397 g/mol. The zero-order valence-electron chi connectivity index (χ0n) is 15.3. The Morgan fingerprint density at radius 3 is 2.43 bits per heavy atom. The summed E-state index contributed by atoms with van der Waals surface area (Å²) < 4.78 is 33.2. The van der Waals surface area contributed by atoms with Crippen molar-refractivity contribution in [2.45, 2.75) is 11.8 Å². The highest BCUT2D eigenvalue weighted by Gasteiger charge is 2.14. The van der Waals surface area contributed by atoms with Gasteiger partial charge in [0.2, 0.25) is 0 Å². The van der Waals surface area contributed by atoms with E-state index in [0.717, 1.165) is 5.56 Å². The van der Waals surface area contributed by atoms with Gasteiger partial charge >= 0.3 is 0 Å². The lowest BCUT2D eigenvalue weighted by Crippen LogP contribution is -2.18. The maximum atomic E-state index is 12.5. The number of anilines is 1. The third-order valence-electron chi connectivity index (χ3n) is 3.83. The summed E-state index contributed by atoms with van der Waals surface area (Å²) in [5.74, 6) is 0.626. The molecule has 1 aromatic heterocycles. The van der Waals surface area contributed by atoms with Crippen LogP contribution >= 0.6 is 0 Å². The van der Waals surface area contributed by atoms with Crippen LogP contribution in [0.3, 0.4) is 0 Å². The number of hydrogen-bond acceptors (Lipinski definition) is 5. The summed E-state index contributed by atoms with van der Waals surface area (Å²) in [7, 11) is -2.15. The predicted octanol–water partition coefficient (Wildman–Crippen LogP) is 3.34. The Morgan fingerprint density at radius 1 is 1.00 bits per heavy atom. The average Bonchev–Trinajstić information content (AvgIpc) is 2.69. The molecule has 7 nitrogen and oxygen atoms in total. The molecule has 0 bridgehead atoms. The number of nitrogens with one attached hydrogen (secondary N) is 2. The molecule has 0 saturated carbocycles. The van der Waals surface area contributed by atoms with Crippen LogP contribution in [0.15, 0.2) is 71.8 Å². The minimum Gasteiger partial charge on any atom is -0.457 e. The summed E-state index contributed by atoms with van der Waals surface area (Å²) in [6.45, 7) is 1.83. The molecule has 0 atom stereocenters. The van der Waals surface area contributed by atoms with Crippen LogP contribution in [0.4, 0.5) is 5.69 Å². The molecule has 3 rings (SSSR count). The molecule has 0 spiro atoms. The summed E-state index contributed by atoms with van der Waals surface area (Å²) in [5, 5.41) is 2.50. The fraction of sp³-hybridized carbons (Fsp3) is 0.100. The molecule has 3 aromatic rings. The van der Waals surface area contributed by atoms with Crippen LogP contribution in [0.25, 0.3) is 0 Å². The first-order valence-electron chi connectivity index (χ1n) is 8.43. The molecule has 0 fully saturated rings. The number of carbonyl (C=O) groups is 1. The number of carbonyl (C=O) groups excluding carboxylic acids is 1. The summed E-state index contributed by atoms with van der Waals surface area (Å²) in [6, 6.07) is 16.3. The Morgan fingerprint density at radius 2 is 1.75 bits per heavy atom. The van der Waals surface area contributed by atoms with Crippen molar-refractivity contribution in [1.29, 1.82) is 0 Å². The quantitative estimate of drug-likeness (QED) is 0.665. The average molecular weight is 397 g/mol. The number of rotatable bonds is 6. The molecule has 0 aliphatic rings. The SMILES string of the molecule is CNC(=O)c1cc(Oc2ccc(NS(=O)(=O)c3cccc(C)c3)cc2)ccn1. The Hall–Kier alpha value is -3.39. The molecule has 0 aliphatic heterocycles. The van der Waals surface area contributed by atoms with Crippen molar-refractivity contribution >= 4 is 21.6 Å². The third kappa shape index (κ3) is 4.66. The Bertz CT molecular complexity index is 1100. The lowest BCUT2D eigenvalue weighted by molar-refractivity contribution is 0.0958. The van der Waals surface area contributed by atoms with Gasteiger partial charge in [-0.1, -0.05) is 12.1 Å². The van der Waals surface area contributed by atoms with Gasteiger partial charge in [-0.3, -0.25) is 14.5 Å². The topological polar surface area (TPSA) is 97.4 Å². The fourth-order valence-electron chi connectivity index (χ4n) is 2.45. The molecule has 1 heterocycles. The highest BCUT2D eigenvalue weighted by molar-refractivity contribution is 7.92. The lowest BCUT2D eigenvalue weighted by atomic mass is 10.2. The molecule has 0 aliphatic carbocycles. The second-order valence-electron chi connectivity index (χ2n) is 6.00. The van der Waals surface area contributed by atoms with E-state index in [1.807, 2.05) is 13.0 Å². The summed E-state index contributed by atoms with van der Waals surface area (Å²) in [6.07, 6.45) is 1.48. The molecular weight excluding hydrogens is 378 g/mol. The molecule has 2 N–H and O–H groups in total. The number of amides is 1. The van der Waals surface area contributed by atoms with Crippen LogP contribution in [0.2, 0.25) is 0 Å². The zero-order chi connectivity index (χ0) is 20.1. The van der Waals surface area contributed by atoms with Gasteiger partial charge in [-0.2, -0.15) is 0 Å². The van der Waals surface area contributed by atoms with E-state index < -0.39 is 10.0 Å². The second-order valence-corrected chi connectivity index (χ2v) is 7.69. The number of ether oxygens (including phenoxy) is 1. The smallest absolute Gasteiger partial charge is 0.269 e. The molecule has 0 saturated heterocycles. The van der Waals surface area contributed by atoms with Gasteiger partial charge in [0.25, 0.3) is 15.9 Å². The van der Waals surface area contributed by atoms with Crippen LogP contribution < -0.4 is 14.8 Å². The van der Waals surface area contributed by atoms with Gasteiger partial charge in [-0.05, 0) is 55.0 Å². The van der Waals surface area contributed by atoms with Gasteiger partial charge in [-0.15, -0.1) is 0 Å². The van der Waals surface area contributed by atoms with Gasteiger partial charge in [-0.25, -0.2) is 8.42 Å². The van der Waals surface area contributed by atoms with Crippen LogP contribution in [0.5, 0.6) is 11.5 Å². The van der Waals surface area contributed by atoms with Crippen molar-refractivity contribution in [3.05, 3.63) is 78.1 Å². The van der Waals surface area contributed by atoms with Crippen molar-refractivity contribution in [3.8, 4) is 11.5 Å². The highest BCUT2D eigenvalue weighted by Crippen LogP contribution is 2.24. The van der Waals surface area contributed by atoms with E-state index >= 15 is 0 Å². The molecule has 144 valence electrons. The first-order valence-corrected chi connectivity index (χ1v) is 9.91. The van der Waals surface area contributed by atoms with E-state index in [0.29, 0.717) is 17.2 Å². The van der Waals surface area contributed by atoms with Crippen molar-refractivity contribution < 1.29 is 17.9 Å². The van der Waals surface area contributed by atoms with E-state index in [2.05, 4.69) is 15.0 Å². The van der Waals surface area contributed by atoms with Crippen LogP contribution in [0, 0.1) is 6.92 Å². The Labute approximate surface area is 163 Å². The highest BCUT2D eigenvalue weighted by atomic mass is 32.2. The number of benzene rings is 2. The van der Waals surface area contributed by atoms with Gasteiger partial charge in [0, 0.05) is 25.0 Å². The van der Waals surface area contributed by atoms with Crippen molar-refractivity contribution in [2.24, 2.45) is 0 Å². The minimum atomic E-state index is -3.67. The zero-order valence-corrected chi connectivity index (χ0v) is 16.2. The molecule has 2 aromatic carbocycles. The second kappa shape index (κ2) is 8.10. The summed E-state index contributed by atoms with van der Waals surface area (Å²) in [4.78, 5) is 15.8. The standard InChI is InChI=1S/C20H19N3O4S/c1-14-4-3-5-18(12-14)28(25,26)23-15-6-8-16(9-7-15)27-17-10-11-22-19(13-17)20(24)21-2/h3-13,23H,1-2H3,(H,21,24). The van der Waals surface area contributed by atoms with Gasteiger partial charge in [0.05, 0.1) is 4.90 Å². The molecule has 0 radical (unpaired) electrons. The summed E-state index contributed by atoms with van der Waals surface area (Å²) >= 11 is 0. The third-order valence-corrected chi connectivity index (χ3v) is 5.21. The Kier molecular flexibility index (Phi) is 5.60. The van der Waals surface area contributed by atoms with E-state index in [-0.39, 0.29) is 16.5 Å². The maximum absolute atomic E-state index is 12.5. The molecule has 0 unspecified atom stereocenters. The minimum absolute atomic E-state index is 0.200. The van der Waals surface area contributed by atoms with E-state index in [1.54, 1.807) is 48.5 Å². The lowest BCUT2D eigenvalue weighted by Gasteiger charge is -2.10. The van der Waals surface area contributed by atoms with Crippen LogP contribution in [-0.2, 0) is 10.0 Å². The van der Waals surface area contributed by atoms with Crippen LogP contribution in [-0.4, -0.2) is 26.4 Å². The van der Waals surface area contributed by atoms with Gasteiger partial charge in [0.15, 0.2) is 0 Å². The normalized spacial score (nSPS) is 10.9. The number of nitrogens with zero attached hydrogens (tertiary/aromatic N) is 1. The van der Waals surface area contributed by atoms with Crippen LogP contribution in [0.1, 0.15) is 16.1 Å². The first-order chi connectivity index (χ1) is 13.4. The molecule has 8 heteroatoms. The largest absolute Gasteiger partial charge is 0.457 e. The number of aryl methyl sites for hydroxylation is 1. The van der Waals surface area contributed by atoms with Gasteiger partial charge < -0.3 is 10.1 Å². The van der Waals surface area contributed by atoms with Crippen molar-refractivity contribution in [3.63, 3.8) is 0 Å². The number of hydrogen-bond donors (Lipinski definition) is 2. The van der Waals surface area contributed by atoms with Gasteiger partial charge in [0.1, 0.15) is 17.2 Å². The fourth-order valence-corrected chi connectivity index (χ4v) is 3.61.